The van der Waals surface area contributed by atoms with Crippen LogP contribution in [-0.4, -0.2) is 25.8 Å². The second kappa shape index (κ2) is 4.85. The van der Waals surface area contributed by atoms with E-state index >= 15 is 0 Å². The molecule has 0 radical (unpaired) electrons. The van der Waals surface area contributed by atoms with E-state index in [-0.39, 0.29) is 10.6 Å². The highest BCUT2D eigenvalue weighted by atomic mass is 32.2. The summed E-state index contributed by atoms with van der Waals surface area (Å²) in [5, 5.41) is 0. The molecule has 6 heteroatoms. The fourth-order valence-corrected chi connectivity index (χ4v) is 3.83. The molecule has 18 heavy (non-hydrogen) atoms. The third-order valence-electron chi connectivity index (χ3n) is 3.22. The Morgan fingerprint density at radius 1 is 1.44 bits per heavy atom. The van der Waals surface area contributed by atoms with E-state index in [0.717, 1.165) is 18.9 Å². The fraction of sp³-hybridized carbons (Fsp3) is 0.500. The van der Waals surface area contributed by atoms with Gasteiger partial charge in [0.2, 0.25) is 10.0 Å². The predicted molar refractivity (Wildman–Crippen MR) is 68.0 cm³/mol. The maximum absolute atomic E-state index is 13.1. The summed E-state index contributed by atoms with van der Waals surface area (Å²) in [6.07, 6.45) is 1.90. The smallest absolute Gasteiger partial charge is 0.243 e. The molecule has 0 aromatic heterocycles. The Labute approximate surface area is 107 Å². The number of nitrogens with two attached hydrogens (primary N) is 1. The molecule has 1 aliphatic rings. The van der Waals surface area contributed by atoms with Gasteiger partial charge in [-0.1, -0.05) is 6.92 Å². The summed E-state index contributed by atoms with van der Waals surface area (Å²) >= 11 is 0. The van der Waals surface area contributed by atoms with Gasteiger partial charge in [-0.05, 0) is 37.0 Å². The van der Waals surface area contributed by atoms with E-state index in [9.17, 15) is 12.8 Å². The van der Waals surface area contributed by atoms with Crippen LogP contribution in [0.4, 0.5) is 10.1 Å². The maximum atomic E-state index is 13.1. The molecule has 1 aromatic carbocycles. The minimum absolute atomic E-state index is 0.0653. The molecule has 0 saturated carbocycles. The van der Waals surface area contributed by atoms with E-state index in [2.05, 4.69) is 0 Å². The SMILES string of the molecule is CC1CCCN(S(=O)(=O)c2ccc(F)c(N)c2)C1. The zero-order chi connectivity index (χ0) is 13.3. The van der Waals surface area contributed by atoms with Crippen molar-refractivity contribution >= 4 is 15.7 Å². The van der Waals surface area contributed by atoms with E-state index in [1.54, 1.807) is 0 Å². The van der Waals surface area contributed by atoms with E-state index in [4.69, 9.17) is 5.73 Å². The summed E-state index contributed by atoms with van der Waals surface area (Å²) in [5.41, 5.74) is 5.28. The van der Waals surface area contributed by atoms with Gasteiger partial charge in [-0.25, -0.2) is 12.8 Å². The lowest BCUT2D eigenvalue weighted by molar-refractivity contribution is 0.281. The number of benzene rings is 1. The number of nitrogen functional groups attached to an aromatic ring is 1. The Morgan fingerprint density at radius 3 is 2.78 bits per heavy atom. The molecule has 1 aromatic rings. The number of nitrogens with zero attached hydrogens (tertiary/aromatic N) is 1. The van der Waals surface area contributed by atoms with Gasteiger partial charge < -0.3 is 5.73 Å². The van der Waals surface area contributed by atoms with Gasteiger partial charge in [0.1, 0.15) is 5.82 Å². The van der Waals surface area contributed by atoms with Gasteiger partial charge in [0.25, 0.3) is 0 Å². The normalized spacial score (nSPS) is 22.0. The topological polar surface area (TPSA) is 63.4 Å². The van der Waals surface area contributed by atoms with Crippen LogP contribution in [0.2, 0.25) is 0 Å². The summed E-state index contributed by atoms with van der Waals surface area (Å²) < 4.78 is 39.2. The summed E-state index contributed by atoms with van der Waals surface area (Å²) in [7, 11) is -3.55. The summed E-state index contributed by atoms with van der Waals surface area (Å²) in [5.74, 6) is -0.243. The minimum atomic E-state index is -3.55. The molecule has 0 spiro atoms. The standard InChI is InChI=1S/C12H17FN2O2S/c1-9-3-2-6-15(8-9)18(16,17)10-4-5-11(13)12(14)7-10/h4-5,7,9H,2-3,6,8,14H2,1H3. The molecule has 4 nitrogen and oxygen atoms in total. The van der Waals surface area contributed by atoms with Crippen LogP contribution in [0.15, 0.2) is 23.1 Å². The van der Waals surface area contributed by atoms with Crippen LogP contribution in [0.5, 0.6) is 0 Å². The Balaban J connectivity index is 2.32. The highest BCUT2D eigenvalue weighted by molar-refractivity contribution is 7.89. The fourth-order valence-electron chi connectivity index (χ4n) is 2.20. The van der Waals surface area contributed by atoms with Gasteiger partial charge >= 0.3 is 0 Å². The number of rotatable bonds is 2. The molecule has 1 fully saturated rings. The van der Waals surface area contributed by atoms with E-state index in [1.807, 2.05) is 6.92 Å². The molecule has 1 aliphatic heterocycles. The number of halogens is 1. The maximum Gasteiger partial charge on any atom is 0.243 e. The number of anilines is 1. The Kier molecular flexibility index (Phi) is 3.59. The van der Waals surface area contributed by atoms with Crippen LogP contribution >= 0.6 is 0 Å². The van der Waals surface area contributed by atoms with Gasteiger partial charge in [-0.15, -0.1) is 0 Å². The lowest BCUT2D eigenvalue weighted by Gasteiger charge is -2.30. The molecule has 0 bridgehead atoms. The van der Waals surface area contributed by atoms with Crippen LogP contribution in [0, 0.1) is 11.7 Å². The third-order valence-corrected chi connectivity index (χ3v) is 5.09. The predicted octanol–water partition coefficient (Wildman–Crippen LogP) is 1.83. The van der Waals surface area contributed by atoms with Crippen molar-refractivity contribution in [1.29, 1.82) is 0 Å². The largest absolute Gasteiger partial charge is 0.396 e. The van der Waals surface area contributed by atoms with E-state index < -0.39 is 15.8 Å². The van der Waals surface area contributed by atoms with Crippen LogP contribution in [0.25, 0.3) is 0 Å². The number of hydrogen-bond donors (Lipinski definition) is 1. The zero-order valence-electron chi connectivity index (χ0n) is 10.3. The molecule has 0 aliphatic carbocycles. The van der Waals surface area contributed by atoms with Crippen molar-refractivity contribution in [2.45, 2.75) is 24.7 Å². The zero-order valence-corrected chi connectivity index (χ0v) is 11.1. The molecule has 2 N–H and O–H groups in total. The quantitative estimate of drug-likeness (QED) is 0.835. The van der Waals surface area contributed by atoms with Crippen molar-refractivity contribution in [1.82, 2.24) is 4.31 Å². The van der Waals surface area contributed by atoms with Crippen molar-refractivity contribution < 1.29 is 12.8 Å². The van der Waals surface area contributed by atoms with Crippen molar-refractivity contribution in [3.63, 3.8) is 0 Å². The van der Waals surface area contributed by atoms with Crippen molar-refractivity contribution in [3.05, 3.63) is 24.0 Å². The monoisotopic (exact) mass is 272 g/mol. The molecule has 1 unspecified atom stereocenters. The van der Waals surface area contributed by atoms with Crippen LogP contribution in [-0.2, 0) is 10.0 Å². The molecule has 2 rings (SSSR count). The van der Waals surface area contributed by atoms with Crippen LogP contribution < -0.4 is 5.73 Å². The lowest BCUT2D eigenvalue weighted by Crippen LogP contribution is -2.39. The second-order valence-electron chi connectivity index (χ2n) is 4.79. The average molecular weight is 272 g/mol. The molecule has 1 heterocycles. The summed E-state index contributed by atoms with van der Waals surface area (Å²) in [4.78, 5) is 0.0653. The summed E-state index contributed by atoms with van der Waals surface area (Å²) in [6.45, 7) is 3.06. The van der Waals surface area contributed by atoms with E-state index in [1.165, 1.54) is 16.4 Å². The van der Waals surface area contributed by atoms with Gasteiger partial charge in [0.15, 0.2) is 0 Å². The van der Waals surface area contributed by atoms with Crippen molar-refractivity contribution in [3.8, 4) is 0 Å². The van der Waals surface area contributed by atoms with Crippen molar-refractivity contribution in [2.24, 2.45) is 5.92 Å². The van der Waals surface area contributed by atoms with Crippen LogP contribution in [0.3, 0.4) is 0 Å². The van der Waals surface area contributed by atoms with Gasteiger partial charge in [-0.3, -0.25) is 0 Å². The Hall–Kier alpha value is -1.14. The highest BCUT2D eigenvalue weighted by Gasteiger charge is 2.28. The first kappa shape index (κ1) is 13.3. The first-order valence-corrected chi connectivity index (χ1v) is 7.40. The third kappa shape index (κ3) is 2.49. The van der Waals surface area contributed by atoms with Crippen molar-refractivity contribution in [2.75, 3.05) is 18.8 Å². The van der Waals surface area contributed by atoms with Crippen LogP contribution in [0.1, 0.15) is 19.8 Å². The van der Waals surface area contributed by atoms with E-state index in [0.29, 0.717) is 19.0 Å². The lowest BCUT2D eigenvalue weighted by atomic mass is 10.0. The van der Waals surface area contributed by atoms with Gasteiger partial charge in [0, 0.05) is 13.1 Å². The first-order chi connectivity index (χ1) is 8.41. The molecule has 1 saturated heterocycles. The minimum Gasteiger partial charge on any atom is -0.396 e. The molecular formula is C12H17FN2O2S. The Morgan fingerprint density at radius 2 is 2.17 bits per heavy atom. The van der Waals surface area contributed by atoms with Gasteiger partial charge in [0.05, 0.1) is 10.6 Å². The Bertz CT molecular complexity index is 545. The number of hydrogen-bond acceptors (Lipinski definition) is 3. The van der Waals surface area contributed by atoms with Gasteiger partial charge in [-0.2, -0.15) is 4.31 Å². The number of sulfonamides is 1. The average Bonchev–Trinajstić information content (AvgIpc) is 2.32. The second-order valence-corrected chi connectivity index (χ2v) is 6.73. The number of piperidine rings is 1. The first-order valence-electron chi connectivity index (χ1n) is 5.96. The molecule has 1 atom stereocenters. The highest BCUT2D eigenvalue weighted by Crippen LogP contribution is 2.25. The molecule has 100 valence electrons. The summed E-state index contributed by atoms with van der Waals surface area (Å²) in [6, 6.07) is 3.54. The molecular weight excluding hydrogens is 255 g/mol. The molecule has 0 amide bonds.